The van der Waals surface area contributed by atoms with E-state index in [1.807, 2.05) is 65.6 Å². The normalized spacial score (nSPS) is 27.5. The standard InChI is InChI=1S/C43H54BrN3O8/c1-4-6-22-34(49)45-33(27-53-3)37(29-18-12-8-13-19-29)54-42(52)35-36-40(50)47(31(26-48)24-28-16-10-7-11-17-28)39(43(36)25-32(44)38(35)55-43)41(51)46(23-5-2)30-20-14-9-15-21-30/h4-5,7-8,10-13,16-19,30-33,35-39,48H,1-2,6,9,14-15,20-27H2,3H3,(H,45,49)/t31-,32?,33+,35-,36+,37+,38-,39-,43+/m1/s1. The number of carbonyl (C=O) groups excluding carboxylic acids is 4. The molecule has 11 nitrogen and oxygen atoms in total. The van der Waals surface area contributed by atoms with Crippen molar-refractivity contribution in [2.24, 2.45) is 11.8 Å². The second kappa shape index (κ2) is 18.4. The highest BCUT2D eigenvalue weighted by molar-refractivity contribution is 9.09. The highest BCUT2D eigenvalue weighted by atomic mass is 79.9. The molecule has 2 aromatic rings. The summed E-state index contributed by atoms with van der Waals surface area (Å²) in [6.07, 6.45) is 7.73. The summed E-state index contributed by atoms with van der Waals surface area (Å²) < 4.78 is 18.8. The Morgan fingerprint density at radius 3 is 2.40 bits per heavy atom. The Balaban J connectivity index is 1.39. The van der Waals surface area contributed by atoms with Gasteiger partial charge in [-0.25, -0.2) is 0 Å². The van der Waals surface area contributed by atoms with Crippen LogP contribution in [0.4, 0.5) is 0 Å². The van der Waals surface area contributed by atoms with Gasteiger partial charge in [0, 0.05) is 30.9 Å². The molecule has 3 saturated heterocycles. The lowest BCUT2D eigenvalue weighted by Gasteiger charge is -2.42. The molecular formula is C43H54BrN3O8. The van der Waals surface area contributed by atoms with Crippen molar-refractivity contribution < 1.29 is 38.5 Å². The van der Waals surface area contributed by atoms with E-state index in [2.05, 4.69) is 34.4 Å². The third-order valence-corrected chi connectivity index (χ3v) is 12.6. The molecule has 1 spiro atoms. The third kappa shape index (κ3) is 8.33. The van der Waals surface area contributed by atoms with Crippen molar-refractivity contribution in [2.45, 2.75) is 105 Å². The van der Waals surface area contributed by atoms with E-state index in [9.17, 15) is 14.7 Å². The van der Waals surface area contributed by atoms with Crippen LogP contribution in [-0.4, -0.2) is 106 Å². The van der Waals surface area contributed by atoms with Crippen molar-refractivity contribution in [1.29, 1.82) is 0 Å². The van der Waals surface area contributed by atoms with Crippen LogP contribution in [0, 0.1) is 11.8 Å². The van der Waals surface area contributed by atoms with Crippen molar-refractivity contribution in [3.05, 3.63) is 97.1 Å². The van der Waals surface area contributed by atoms with E-state index in [1.165, 1.54) is 12.0 Å². The molecule has 1 aliphatic carbocycles. The van der Waals surface area contributed by atoms with E-state index in [1.54, 1.807) is 12.2 Å². The van der Waals surface area contributed by atoms with Crippen molar-refractivity contribution in [1.82, 2.24) is 15.1 Å². The van der Waals surface area contributed by atoms with Gasteiger partial charge in [0.15, 0.2) is 0 Å². The van der Waals surface area contributed by atoms with Crippen LogP contribution in [0.15, 0.2) is 86.0 Å². The van der Waals surface area contributed by atoms with Crippen LogP contribution in [0.2, 0.25) is 0 Å². The smallest absolute Gasteiger partial charge is 0.313 e. The molecule has 9 atom stereocenters. The molecule has 1 saturated carbocycles. The van der Waals surface area contributed by atoms with Crippen LogP contribution in [0.3, 0.4) is 0 Å². The Hall–Kier alpha value is -3.84. The lowest BCUT2D eigenvalue weighted by Crippen LogP contribution is -2.61. The zero-order valence-corrected chi connectivity index (χ0v) is 33.2. The number of nitrogens with one attached hydrogen (secondary N) is 1. The fourth-order valence-corrected chi connectivity index (χ4v) is 10.3. The number of likely N-dealkylation sites (tertiary alicyclic amines) is 1. The van der Waals surface area contributed by atoms with Gasteiger partial charge in [-0.1, -0.05) is 108 Å². The average molecular weight is 821 g/mol. The molecule has 55 heavy (non-hydrogen) atoms. The first-order chi connectivity index (χ1) is 26.7. The molecule has 0 aromatic heterocycles. The quantitative estimate of drug-likeness (QED) is 0.121. The van der Waals surface area contributed by atoms with Crippen LogP contribution in [0.5, 0.6) is 0 Å². The highest BCUT2D eigenvalue weighted by Gasteiger charge is 2.77. The zero-order valence-electron chi connectivity index (χ0n) is 31.6. The van der Waals surface area contributed by atoms with E-state index in [0.717, 1.165) is 37.7 Å². The molecule has 3 amide bonds. The molecule has 4 aliphatic rings. The van der Waals surface area contributed by atoms with Crippen molar-refractivity contribution in [3.8, 4) is 0 Å². The van der Waals surface area contributed by atoms with E-state index in [0.29, 0.717) is 31.4 Å². The van der Waals surface area contributed by atoms with Gasteiger partial charge in [0.1, 0.15) is 17.7 Å². The van der Waals surface area contributed by atoms with Gasteiger partial charge in [0.05, 0.1) is 43.2 Å². The number of benzene rings is 2. The van der Waals surface area contributed by atoms with Gasteiger partial charge in [-0.3, -0.25) is 19.2 Å². The minimum absolute atomic E-state index is 0.0291. The number of esters is 1. The fourth-order valence-electron chi connectivity index (χ4n) is 9.38. The van der Waals surface area contributed by atoms with Crippen LogP contribution in [0.25, 0.3) is 0 Å². The predicted molar refractivity (Wildman–Crippen MR) is 211 cm³/mol. The summed E-state index contributed by atoms with van der Waals surface area (Å²) in [5, 5.41) is 14.0. The van der Waals surface area contributed by atoms with E-state index in [-0.39, 0.29) is 35.7 Å². The monoisotopic (exact) mass is 819 g/mol. The molecule has 4 fully saturated rings. The van der Waals surface area contributed by atoms with Gasteiger partial charge in [-0.2, -0.15) is 0 Å². The Morgan fingerprint density at radius 2 is 1.76 bits per heavy atom. The van der Waals surface area contributed by atoms with Crippen molar-refractivity contribution in [3.63, 3.8) is 0 Å². The number of hydrogen-bond donors (Lipinski definition) is 2. The van der Waals surface area contributed by atoms with Gasteiger partial charge in [0.2, 0.25) is 17.7 Å². The summed E-state index contributed by atoms with van der Waals surface area (Å²) in [7, 11) is 1.51. The summed E-state index contributed by atoms with van der Waals surface area (Å²) in [5.74, 6) is -3.71. The van der Waals surface area contributed by atoms with Gasteiger partial charge in [-0.05, 0) is 43.2 Å². The molecular weight excluding hydrogens is 766 g/mol. The number of nitrogens with zero attached hydrogens (tertiary/aromatic N) is 2. The number of allylic oxidation sites excluding steroid dienone is 1. The van der Waals surface area contributed by atoms with Crippen LogP contribution < -0.4 is 5.32 Å². The first-order valence-electron chi connectivity index (χ1n) is 19.5. The lowest BCUT2D eigenvalue weighted by molar-refractivity contribution is -0.163. The first kappa shape index (κ1) is 40.8. The van der Waals surface area contributed by atoms with Gasteiger partial charge >= 0.3 is 5.97 Å². The topological polar surface area (TPSA) is 135 Å². The van der Waals surface area contributed by atoms with Crippen LogP contribution >= 0.6 is 15.9 Å². The second-order valence-electron chi connectivity index (χ2n) is 15.2. The molecule has 0 radical (unpaired) electrons. The number of hydrogen-bond acceptors (Lipinski definition) is 8. The van der Waals surface area contributed by atoms with Gasteiger partial charge < -0.3 is 34.4 Å². The minimum atomic E-state index is -1.36. The van der Waals surface area contributed by atoms with E-state index >= 15 is 9.59 Å². The zero-order chi connectivity index (χ0) is 39.1. The molecule has 1 unspecified atom stereocenters. The predicted octanol–water partition coefficient (Wildman–Crippen LogP) is 5.07. The number of aliphatic hydroxyl groups excluding tert-OH is 1. The number of fused-ring (bicyclic) bond motifs is 1. The lowest BCUT2D eigenvalue weighted by atomic mass is 9.70. The van der Waals surface area contributed by atoms with Crippen LogP contribution in [-0.2, 0) is 39.8 Å². The van der Waals surface area contributed by atoms with Crippen molar-refractivity contribution in [2.75, 3.05) is 26.9 Å². The summed E-state index contributed by atoms with van der Waals surface area (Å²) >= 11 is 3.79. The maximum Gasteiger partial charge on any atom is 0.313 e. The molecule has 2 aromatic carbocycles. The number of alkyl halides is 1. The number of rotatable bonds is 18. The SMILES string of the molecule is C=CCCC(=O)N[C@@H](COC)[C@@H](OC(=O)[C@H]1[C@@H]2O[C@@]3(CC2Br)[C@@H]1C(=O)N([C@@H](CO)Cc1ccccc1)[C@@H]3C(=O)N(CC=C)C1CCCCC1)c1ccccc1. The Morgan fingerprint density at radius 1 is 1.07 bits per heavy atom. The first-order valence-corrected chi connectivity index (χ1v) is 20.4. The summed E-state index contributed by atoms with van der Waals surface area (Å²) in [6.45, 7) is 7.63. The Labute approximate surface area is 332 Å². The summed E-state index contributed by atoms with van der Waals surface area (Å²) in [5.41, 5.74) is 0.177. The number of aliphatic hydroxyl groups is 1. The number of amides is 3. The highest BCUT2D eigenvalue weighted by Crippen LogP contribution is 2.61. The maximum atomic E-state index is 15.2. The van der Waals surface area contributed by atoms with Crippen molar-refractivity contribution >= 4 is 39.6 Å². The Bertz CT molecular complexity index is 1670. The molecule has 6 rings (SSSR count). The largest absolute Gasteiger partial charge is 0.455 e. The van der Waals surface area contributed by atoms with Gasteiger partial charge in [-0.15, -0.1) is 13.2 Å². The van der Waals surface area contributed by atoms with Crippen LogP contribution in [0.1, 0.15) is 68.6 Å². The molecule has 2 N–H and O–H groups in total. The third-order valence-electron chi connectivity index (χ3n) is 11.8. The fraction of sp³-hybridized carbons (Fsp3) is 0.535. The average Bonchev–Trinajstić information content (AvgIpc) is 3.81. The summed E-state index contributed by atoms with van der Waals surface area (Å²) in [4.78, 5) is 61.1. The van der Waals surface area contributed by atoms with Gasteiger partial charge in [0.25, 0.3) is 0 Å². The number of carbonyl (C=O) groups is 4. The maximum absolute atomic E-state index is 15.2. The number of ether oxygens (including phenoxy) is 3. The number of halogens is 1. The molecule has 12 heteroatoms. The molecule has 2 bridgehead atoms. The molecule has 3 aliphatic heterocycles. The molecule has 3 heterocycles. The summed E-state index contributed by atoms with van der Waals surface area (Å²) in [6, 6.07) is 16.0. The molecule has 296 valence electrons. The second-order valence-corrected chi connectivity index (χ2v) is 16.4. The number of methoxy groups -OCH3 is 1. The van der Waals surface area contributed by atoms with E-state index in [4.69, 9.17) is 14.2 Å². The Kier molecular flexibility index (Phi) is 13.7. The van der Waals surface area contributed by atoms with E-state index < -0.39 is 66.3 Å². The minimum Gasteiger partial charge on any atom is -0.455 e.